The van der Waals surface area contributed by atoms with Crippen LogP contribution in [0, 0.1) is 5.39 Å². The van der Waals surface area contributed by atoms with Gasteiger partial charge in [0.15, 0.2) is 4.98 Å². The van der Waals surface area contributed by atoms with Crippen molar-refractivity contribution in [2.75, 3.05) is 0 Å². The lowest BCUT2D eigenvalue weighted by Gasteiger charge is -2.19. The van der Waals surface area contributed by atoms with Crippen molar-refractivity contribution < 1.29 is 14.6 Å². The monoisotopic (exact) mass is 286 g/mol. The molecule has 0 spiro atoms. The maximum Gasteiger partial charge on any atom is 0.419 e. The molecule has 2 aromatic rings. The van der Waals surface area contributed by atoms with Gasteiger partial charge in [-0.2, -0.15) is 0 Å². The van der Waals surface area contributed by atoms with E-state index in [1.165, 1.54) is 10.8 Å². The molecule has 108 valence electrons. The summed E-state index contributed by atoms with van der Waals surface area (Å²) in [6.45, 7) is 5.33. The van der Waals surface area contributed by atoms with E-state index in [-0.39, 0.29) is 5.76 Å². The fourth-order valence-electron chi connectivity index (χ4n) is 1.97. The second-order valence-electron chi connectivity index (χ2n) is 5.54. The zero-order valence-electron chi connectivity index (χ0n) is 12.1. The number of ether oxygens (including phenoxy) is 1. The lowest BCUT2D eigenvalue weighted by Crippen LogP contribution is -2.26. The largest absolute Gasteiger partial charge is 0.501 e. The maximum absolute atomic E-state index is 12.2. The molecular weight excluding hydrogens is 270 g/mol. The van der Waals surface area contributed by atoms with Crippen molar-refractivity contribution in [2.24, 2.45) is 0 Å². The highest BCUT2D eigenvalue weighted by Crippen LogP contribution is 2.27. The molecule has 1 aromatic carbocycles. The average Bonchev–Trinajstić information content (AvgIpc) is 2.76. The summed E-state index contributed by atoms with van der Waals surface area (Å²) in [5.41, 5.74) is 0.356. The Morgan fingerprint density at radius 2 is 2.05 bits per heavy atom. The Morgan fingerprint density at radius 1 is 1.38 bits per heavy atom. The van der Waals surface area contributed by atoms with Crippen LogP contribution in [0.1, 0.15) is 26.3 Å². The van der Waals surface area contributed by atoms with Gasteiger partial charge in [0, 0.05) is 11.6 Å². The Balaban J connectivity index is 2.59. The first-order valence-corrected chi connectivity index (χ1v) is 6.40. The molecule has 6 nitrogen and oxygen atoms in total. The van der Waals surface area contributed by atoms with Gasteiger partial charge in [-0.25, -0.2) is 4.79 Å². The van der Waals surface area contributed by atoms with Gasteiger partial charge in [-0.05, 0) is 26.8 Å². The van der Waals surface area contributed by atoms with E-state index in [0.29, 0.717) is 16.5 Å². The van der Waals surface area contributed by atoms with Gasteiger partial charge in [-0.1, -0.05) is 18.2 Å². The van der Waals surface area contributed by atoms with E-state index in [1.54, 1.807) is 45.0 Å². The third-order valence-corrected chi connectivity index (χ3v) is 2.76. The summed E-state index contributed by atoms with van der Waals surface area (Å²) < 4.78 is 6.65. The molecule has 0 aliphatic carbocycles. The zero-order chi connectivity index (χ0) is 15.6. The van der Waals surface area contributed by atoms with E-state index in [4.69, 9.17) is 10.1 Å². The first-order chi connectivity index (χ1) is 9.83. The summed E-state index contributed by atoms with van der Waals surface area (Å²) in [6.07, 6.45) is 1.82. The highest BCUT2D eigenvalue weighted by Gasteiger charge is 2.22. The number of para-hydroxylation sites is 1. The van der Waals surface area contributed by atoms with Gasteiger partial charge in [0.2, 0.25) is 11.2 Å². The van der Waals surface area contributed by atoms with Crippen molar-refractivity contribution in [2.45, 2.75) is 26.4 Å². The van der Waals surface area contributed by atoms with Gasteiger partial charge in [0.1, 0.15) is 5.60 Å². The van der Waals surface area contributed by atoms with Gasteiger partial charge in [-0.15, -0.1) is 0 Å². The maximum atomic E-state index is 12.2. The first-order valence-electron chi connectivity index (χ1n) is 6.40. The molecule has 0 unspecified atom stereocenters. The number of hydrogen-bond acceptors (Lipinski definition) is 4. The minimum absolute atomic E-state index is 0.240. The number of fused-ring (bicyclic) bond motifs is 1. The van der Waals surface area contributed by atoms with Crippen LogP contribution in [0.5, 0.6) is 0 Å². The number of aliphatic hydroxyl groups excluding tert-OH is 1. The van der Waals surface area contributed by atoms with Crippen LogP contribution in [0.4, 0.5) is 4.79 Å². The third kappa shape index (κ3) is 3.03. The summed E-state index contributed by atoms with van der Waals surface area (Å²) in [5, 5.41) is 19.1. The van der Waals surface area contributed by atoms with Crippen LogP contribution in [-0.2, 0) is 4.74 Å². The van der Waals surface area contributed by atoms with Crippen LogP contribution in [0.15, 0.2) is 36.7 Å². The van der Waals surface area contributed by atoms with Gasteiger partial charge in [0.25, 0.3) is 0 Å². The molecule has 2 rings (SSSR count). The van der Waals surface area contributed by atoms with Crippen molar-refractivity contribution in [1.29, 1.82) is 5.39 Å². The fraction of sp³-hybridized carbons (Fsp3) is 0.267. The van der Waals surface area contributed by atoms with Crippen LogP contribution in [0.25, 0.3) is 21.6 Å². The summed E-state index contributed by atoms with van der Waals surface area (Å²) in [6, 6.07) is 7.07. The molecule has 0 saturated carbocycles. The molecule has 0 aliphatic heterocycles. The van der Waals surface area contributed by atoms with Gasteiger partial charge >= 0.3 is 12.3 Å². The van der Waals surface area contributed by atoms with Gasteiger partial charge < -0.3 is 9.84 Å². The SMILES string of the molecule is CC(C)(C)OC(=O)n1cc(/C(O)=C\[N+]#N)c2ccccc21. The highest BCUT2D eigenvalue weighted by molar-refractivity contribution is 5.97. The van der Waals surface area contributed by atoms with E-state index in [2.05, 4.69) is 4.98 Å². The van der Waals surface area contributed by atoms with Crippen LogP contribution in [-0.4, -0.2) is 21.4 Å². The van der Waals surface area contributed by atoms with Gasteiger partial charge in [-0.3, -0.25) is 4.57 Å². The van der Waals surface area contributed by atoms with Gasteiger partial charge in [0.05, 0.1) is 11.1 Å². The Kier molecular flexibility index (Phi) is 3.68. The van der Waals surface area contributed by atoms with E-state index in [0.717, 1.165) is 6.20 Å². The molecule has 0 amide bonds. The number of aromatic nitrogens is 1. The Morgan fingerprint density at radius 3 is 2.67 bits per heavy atom. The van der Waals surface area contributed by atoms with Crippen LogP contribution < -0.4 is 0 Å². The first kappa shape index (κ1) is 14.6. The normalized spacial score (nSPS) is 12.2. The number of aliphatic hydroxyl groups is 1. The minimum Gasteiger partial charge on any atom is -0.501 e. The number of diazo groups is 1. The molecule has 21 heavy (non-hydrogen) atoms. The van der Waals surface area contributed by atoms with Crippen LogP contribution in [0.3, 0.4) is 0 Å². The average molecular weight is 286 g/mol. The lowest BCUT2D eigenvalue weighted by molar-refractivity contribution is 0.0544. The third-order valence-electron chi connectivity index (χ3n) is 2.76. The number of carbonyl (C=O) groups is 1. The van der Waals surface area contributed by atoms with Crippen molar-refractivity contribution in [3.05, 3.63) is 47.2 Å². The molecular formula is C15H16N3O3+. The number of nitrogens with zero attached hydrogens (tertiary/aromatic N) is 3. The van der Waals surface area contributed by atoms with E-state index in [1.807, 2.05) is 0 Å². The summed E-state index contributed by atoms with van der Waals surface area (Å²) >= 11 is 0. The molecule has 1 aromatic heterocycles. The summed E-state index contributed by atoms with van der Waals surface area (Å²) in [4.78, 5) is 15.0. The second-order valence-corrected chi connectivity index (χ2v) is 5.54. The van der Waals surface area contributed by atoms with E-state index in [9.17, 15) is 9.90 Å². The van der Waals surface area contributed by atoms with Crippen LogP contribution >= 0.6 is 0 Å². The topological polar surface area (TPSA) is 79.6 Å². The quantitative estimate of drug-likeness (QED) is 0.631. The number of hydrogen-bond donors (Lipinski definition) is 1. The van der Waals surface area contributed by atoms with Crippen molar-refractivity contribution in [3.8, 4) is 0 Å². The molecule has 0 atom stereocenters. The number of rotatable bonds is 1. The van der Waals surface area contributed by atoms with E-state index < -0.39 is 11.7 Å². The number of benzene rings is 1. The molecule has 0 aliphatic rings. The molecule has 0 bridgehead atoms. The van der Waals surface area contributed by atoms with Crippen LogP contribution in [0.2, 0.25) is 0 Å². The Bertz CT molecular complexity index is 761. The second kappa shape index (κ2) is 5.29. The molecule has 0 fully saturated rings. The Hall–Kier alpha value is -2.81. The molecule has 6 heteroatoms. The molecule has 0 radical (unpaired) electrons. The smallest absolute Gasteiger partial charge is 0.419 e. The predicted octanol–water partition coefficient (Wildman–Crippen LogP) is 4.13. The molecule has 1 heterocycles. The van der Waals surface area contributed by atoms with E-state index >= 15 is 0 Å². The fourth-order valence-corrected chi connectivity index (χ4v) is 1.97. The Labute approximate surface area is 121 Å². The lowest BCUT2D eigenvalue weighted by atomic mass is 10.1. The minimum atomic E-state index is -0.624. The molecule has 1 N–H and O–H groups in total. The zero-order valence-corrected chi connectivity index (χ0v) is 12.1. The summed E-state index contributed by atoms with van der Waals surface area (Å²) in [5.74, 6) is -0.240. The van der Waals surface area contributed by atoms with Crippen molar-refractivity contribution >= 4 is 22.8 Å². The highest BCUT2D eigenvalue weighted by atomic mass is 16.6. The van der Waals surface area contributed by atoms with Crippen molar-refractivity contribution in [3.63, 3.8) is 0 Å². The number of carbonyl (C=O) groups excluding carboxylic acids is 1. The summed E-state index contributed by atoms with van der Waals surface area (Å²) in [7, 11) is 0. The molecule has 0 saturated heterocycles. The standard InChI is InChI=1S/C15H15N3O3/c1-15(2,3)21-14(20)18-9-11(13(19)8-17-16)10-6-4-5-7-12(10)18/h4-9H,1-3H3/p+1/b13-8+. The predicted molar refractivity (Wildman–Crippen MR) is 79.3 cm³/mol. The van der Waals surface area contributed by atoms with Crippen molar-refractivity contribution in [1.82, 2.24) is 4.57 Å².